The van der Waals surface area contributed by atoms with Gasteiger partial charge in [0.15, 0.2) is 5.75 Å². The first-order chi connectivity index (χ1) is 10.7. The molecule has 0 radical (unpaired) electrons. The first-order valence-corrected chi connectivity index (χ1v) is 8.08. The van der Waals surface area contributed by atoms with Crippen LogP contribution in [0.15, 0.2) is 51.9 Å². The Kier molecular flexibility index (Phi) is 4.64. The van der Waals surface area contributed by atoms with Crippen LogP contribution in [0.25, 0.3) is 0 Å². The van der Waals surface area contributed by atoms with Gasteiger partial charge in [0.1, 0.15) is 0 Å². The molecule has 22 heavy (non-hydrogen) atoms. The van der Waals surface area contributed by atoms with E-state index < -0.39 is 0 Å². The molecule has 116 valence electrons. The highest BCUT2D eigenvalue weighted by atomic mass is 79.9. The largest absolute Gasteiger partial charge is 0.491 e. The lowest BCUT2D eigenvalue weighted by molar-refractivity contribution is -0.0365. The molecule has 1 aliphatic rings. The molecule has 4 nitrogen and oxygen atoms in total. The summed E-state index contributed by atoms with van der Waals surface area (Å²) < 4.78 is 13.6. The van der Waals surface area contributed by atoms with Crippen molar-refractivity contribution in [2.45, 2.75) is 31.6 Å². The minimum Gasteiger partial charge on any atom is -0.491 e. The quantitative estimate of drug-likeness (QED) is 0.815. The first kappa shape index (κ1) is 15.3. The summed E-state index contributed by atoms with van der Waals surface area (Å²) in [7, 11) is 1.51. The molecule has 5 heteroatoms. The van der Waals surface area contributed by atoms with Gasteiger partial charge in [0.25, 0.3) is 5.56 Å². The predicted molar refractivity (Wildman–Crippen MR) is 88.2 cm³/mol. The molecule has 2 aromatic rings. The van der Waals surface area contributed by atoms with Gasteiger partial charge in [-0.1, -0.05) is 30.3 Å². The van der Waals surface area contributed by atoms with E-state index in [9.17, 15) is 4.79 Å². The molecule has 1 fully saturated rings. The molecule has 0 spiro atoms. The van der Waals surface area contributed by atoms with Crippen LogP contribution in [0, 0.1) is 0 Å². The van der Waals surface area contributed by atoms with Crippen molar-refractivity contribution in [1.29, 1.82) is 0 Å². The van der Waals surface area contributed by atoms with Crippen LogP contribution in [0.3, 0.4) is 0 Å². The van der Waals surface area contributed by atoms with Gasteiger partial charge in [0, 0.05) is 22.8 Å². The van der Waals surface area contributed by atoms with Crippen LogP contribution in [0.4, 0.5) is 0 Å². The zero-order valence-electron chi connectivity index (χ0n) is 12.4. The Labute approximate surface area is 137 Å². The van der Waals surface area contributed by atoms with Crippen molar-refractivity contribution < 1.29 is 9.47 Å². The van der Waals surface area contributed by atoms with E-state index in [-0.39, 0.29) is 17.7 Å². The highest BCUT2D eigenvalue weighted by Crippen LogP contribution is 2.35. The summed E-state index contributed by atoms with van der Waals surface area (Å²) in [4.78, 5) is 12.2. The molecule has 3 rings (SSSR count). The van der Waals surface area contributed by atoms with Gasteiger partial charge in [-0.2, -0.15) is 0 Å². The molecule has 1 aromatic carbocycles. The van der Waals surface area contributed by atoms with Crippen LogP contribution in [-0.4, -0.2) is 17.8 Å². The first-order valence-electron chi connectivity index (χ1n) is 7.28. The monoisotopic (exact) mass is 363 g/mol. The van der Waals surface area contributed by atoms with Crippen molar-refractivity contribution in [2.75, 3.05) is 7.11 Å². The van der Waals surface area contributed by atoms with Gasteiger partial charge in [0.05, 0.1) is 19.8 Å². The zero-order valence-corrected chi connectivity index (χ0v) is 14.0. The highest BCUT2D eigenvalue weighted by Gasteiger charge is 2.32. The number of halogens is 1. The molecule has 0 amide bonds. The number of hydrogen-bond acceptors (Lipinski definition) is 3. The van der Waals surface area contributed by atoms with Gasteiger partial charge in [-0.25, -0.2) is 0 Å². The van der Waals surface area contributed by atoms with E-state index >= 15 is 0 Å². The maximum Gasteiger partial charge on any atom is 0.293 e. The molecule has 0 unspecified atom stereocenters. The number of benzene rings is 1. The number of nitrogens with zero attached hydrogens (tertiary/aromatic N) is 1. The number of ether oxygens (including phenoxy) is 2. The minimum absolute atomic E-state index is 0.0859. The predicted octanol–water partition coefficient (Wildman–Crippen LogP) is 3.54. The molecule has 0 atom stereocenters. The molecule has 0 N–H and O–H groups in total. The van der Waals surface area contributed by atoms with E-state index in [1.54, 1.807) is 10.6 Å². The van der Waals surface area contributed by atoms with Crippen LogP contribution in [0.5, 0.6) is 5.75 Å². The van der Waals surface area contributed by atoms with E-state index in [0.717, 1.165) is 17.3 Å². The normalized spacial score (nSPS) is 20.5. The third kappa shape index (κ3) is 3.25. The lowest BCUT2D eigenvalue weighted by atomic mass is 9.89. The third-order valence-electron chi connectivity index (χ3n) is 3.99. The fourth-order valence-electron chi connectivity index (χ4n) is 2.65. The van der Waals surface area contributed by atoms with Crippen molar-refractivity contribution in [2.24, 2.45) is 0 Å². The zero-order chi connectivity index (χ0) is 15.5. The fraction of sp³-hybridized carbons (Fsp3) is 0.353. The van der Waals surface area contributed by atoms with Crippen LogP contribution in [-0.2, 0) is 11.3 Å². The summed E-state index contributed by atoms with van der Waals surface area (Å²) in [6, 6.07) is 12.0. The summed E-state index contributed by atoms with van der Waals surface area (Å²) in [5, 5.41) is 0. The van der Waals surface area contributed by atoms with Crippen molar-refractivity contribution in [3.05, 3.63) is 63.0 Å². The summed E-state index contributed by atoms with van der Waals surface area (Å²) in [5.74, 6) is 0.364. The van der Waals surface area contributed by atoms with Crippen LogP contribution >= 0.6 is 15.9 Å². The number of hydrogen-bond donors (Lipinski definition) is 0. The number of aromatic nitrogens is 1. The summed E-state index contributed by atoms with van der Waals surface area (Å²) >= 11 is 3.42. The summed E-state index contributed by atoms with van der Waals surface area (Å²) in [5.41, 5.74) is 1.09. The SMILES string of the molecule is COc1cc(Br)cn(C2CC(OCc3ccccc3)C2)c1=O. The van der Waals surface area contributed by atoms with Crippen LogP contribution in [0.1, 0.15) is 24.4 Å². The van der Waals surface area contributed by atoms with Crippen molar-refractivity contribution >= 4 is 15.9 Å². The van der Waals surface area contributed by atoms with Gasteiger partial charge in [-0.05, 0) is 34.3 Å². The Hall–Kier alpha value is -1.59. The summed E-state index contributed by atoms with van der Waals surface area (Å²) in [6.07, 6.45) is 3.74. The van der Waals surface area contributed by atoms with Crippen molar-refractivity contribution in [3.8, 4) is 5.75 Å². The standard InChI is InChI=1S/C17H18BrNO3/c1-21-16-7-13(18)10-19(17(16)20)14-8-15(9-14)22-11-12-5-3-2-4-6-12/h2-7,10,14-15H,8-9,11H2,1H3. The topological polar surface area (TPSA) is 40.5 Å². The molecule has 0 saturated heterocycles. The molecule has 1 aliphatic carbocycles. The van der Waals surface area contributed by atoms with Gasteiger partial charge in [0.2, 0.25) is 0 Å². The van der Waals surface area contributed by atoms with E-state index in [4.69, 9.17) is 9.47 Å². The number of rotatable bonds is 5. The Bertz CT molecular complexity index is 693. The average molecular weight is 364 g/mol. The van der Waals surface area contributed by atoms with E-state index in [0.29, 0.717) is 12.4 Å². The van der Waals surface area contributed by atoms with Crippen molar-refractivity contribution in [3.63, 3.8) is 0 Å². The van der Waals surface area contributed by atoms with Gasteiger partial charge >= 0.3 is 0 Å². The Balaban J connectivity index is 1.59. The average Bonchev–Trinajstić information content (AvgIpc) is 2.49. The maximum atomic E-state index is 12.2. The number of methoxy groups -OCH3 is 1. The van der Waals surface area contributed by atoms with E-state index in [1.165, 1.54) is 12.7 Å². The maximum absolute atomic E-state index is 12.2. The van der Waals surface area contributed by atoms with Crippen molar-refractivity contribution in [1.82, 2.24) is 4.57 Å². The van der Waals surface area contributed by atoms with E-state index in [2.05, 4.69) is 28.1 Å². The smallest absolute Gasteiger partial charge is 0.293 e. The number of pyridine rings is 1. The van der Waals surface area contributed by atoms with Gasteiger partial charge in [-0.15, -0.1) is 0 Å². The van der Waals surface area contributed by atoms with Crippen LogP contribution < -0.4 is 10.3 Å². The van der Waals surface area contributed by atoms with Gasteiger partial charge < -0.3 is 14.0 Å². The second-order valence-electron chi connectivity index (χ2n) is 5.48. The van der Waals surface area contributed by atoms with E-state index in [1.807, 2.05) is 24.4 Å². The third-order valence-corrected chi connectivity index (χ3v) is 4.42. The Morgan fingerprint density at radius 1 is 1.27 bits per heavy atom. The summed E-state index contributed by atoms with van der Waals surface area (Å²) in [6.45, 7) is 0.620. The molecular weight excluding hydrogens is 346 g/mol. The van der Waals surface area contributed by atoms with Crippen LogP contribution in [0.2, 0.25) is 0 Å². The lowest BCUT2D eigenvalue weighted by Crippen LogP contribution is -2.38. The highest BCUT2D eigenvalue weighted by molar-refractivity contribution is 9.10. The second kappa shape index (κ2) is 6.67. The molecule has 1 saturated carbocycles. The Morgan fingerprint density at radius 2 is 2.00 bits per heavy atom. The molecule has 1 heterocycles. The fourth-order valence-corrected chi connectivity index (χ4v) is 3.08. The molecular formula is C17H18BrNO3. The second-order valence-corrected chi connectivity index (χ2v) is 6.40. The molecule has 0 bridgehead atoms. The van der Waals surface area contributed by atoms with Gasteiger partial charge in [-0.3, -0.25) is 4.79 Å². The molecule has 0 aliphatic heterocycles. The lowest BCUT2D eigenvalue weighted by Gasteiger charge is -2.36. The molecule has 1 aromatic heterocycles. The Morgan fingerprint density at radius 3 is 2.68 bits per heavy atom. The minimum atomic E-state index is -0.0859.